The van der Waals surface area contributed by atoms with E-state index >= 15 is 0 Å². The number of amides is 1. The largest absolute Gasteiger partial charge is 0.373 e. The highest BCUT2D eigenvalue weighted by Gasteiger charge is 2.10. The van der Waals surface area contributed by atoms with Crippen molar-refractivity contribution in [3.8, 4) is 0 Å². The molecule has 1 amide bonds. The number of carbonyl (C=O) groups excluding carboxylic acids is 1. The number of carbonyl (C=O) groups is 1. The molecular weight excluding hydrogens is 333 g/mol. The van der Waals surface area contributed by atoms with Crippen molar-refractivity contribution >= 4 is 40.5 Å². The number of hydrogen-bond donors (Lipinski definition) is 1. The Balaban J connectivity index is 2.03. The van der Waals surface area contributed by atoms with Gasteiger partial charge in [0.15, 0.2) is 0 Å². The number of aromatic nitrogens is 1. The maximum Gasteiger partial charge on any atom is 0.274 e. The Morgan fingerprint density at radius 2 is 2.00 bits per heavy atom. The Morgan fingerprint density at radius 1 is 1.22 bits per heavy atom. The number of rotatable bonds is 6. The summed E-state index contributed by atoms with van der Waals surface area (Å²) >= 11 is 11.8. The van der Waals surface area contributed by atoms with E-state index in [0.29, 0.717) is 21.4 Å². The number of hydrogen-bond acceptors (Lipinski definition) is 3. The van der Waals surface area contributed by atoms with Gasteiger partial charge in [0.05, 0.1) is 21.9 Å². The van der Waals surface area contributed by atoms with Crippen molar-refractivity contribution in [1.82, 2.24) is 4.98 Å². The van der Waals surface area contributed by atoms with Crippen LogP contribution in [0.5, 0.6) is 0 Å². The van der Waals surface area contributed by atoms with Crippen LogP contribution in [0.15, 0.2) is 36.5 Å². The number of pyridine rings is 1. The van der Waals surface area contributed by atoms with Gasteiger partial charge < -0.3 is 10.2 Å². The molecule has 0 radical (unpaired) electrons. The van der Waals surface area contributed by atoms with E-state index in [9.17, 15) is 4.79 Å². The smallest absolute Gasteiger partial charge is 0.274 e. The minimum absolute atomic E-state index is 0.286. The molecule has 0 fully saturated rings. The molecule has 1 heterocycles. The normalized spacial score (nSPS) is 10.4. The van der Waals surface area contributed by atoms with E-state index < -0.39 is 0 Å². The number of benzene rings is 1. The second-order valence-electron chi connectivity index (χ2n) is 5.26. The summed E-state index contributed by atoms with van der Waals surface area (Å²) in [6.07, 6.45) is 3.97. The SMILES string of the molecule is CCCCN(C)c1ccc(C(=O)Nc2ccc(Cl)c(Cl)c2)nc1. The van der Waals surface area contributed by atoms with Crippen molar-refractivity contribution in [3.63, 3.8) is 0 Å². The highest BCUT2D eigenvalue weighted by Crippen LogP contribution is 2.25. The molecule has 0 spiro atoms. The van der Waals surface area contributed by atoms with Crippen LogP contribution >= 0.6 is 23.2 Å². The summed E-state index contributed by atoms with van der Waals surface area (Å²) in [4.78, 5) is 18.6. The maximum atomic E-state index is 12.2. The second-order valence-corrected chi connectivity index (χ2v) is 6.07. The van der Waals surface area contributed by atoms with E-state index in [1.54, 1.807) is 30.5 Å². The van der Waals surface area contributed by atoms with Gasteiger partial charge in [-0.25, -0.2) is 4.98 Å². The van der Waals surface area contributed by atoms with Crippen molar-refractivity contribution in [2.24, 2.45) is 0 Å². The van der Waals surface area contributed by atoms with Crippen LogP contribution in [0.1, 0.15) is 30.3 Å². The number of nitrogens with one attached hydrogen (secondary N) is 1. The van der Waals surface area contributed by atoms with Crippen molar-refractivity contribution < 1.29 is 4.79 Å². The van der Waals surface area contributed by atoms with Gasteiger partial charge in [0, 0.05) is 19.3 Å². The van der Waals surface area contributed by atoms with Gasteiger partial charge in [-0.2, -0.15) is 0 Å². The number of unbranched alkanes of at least 4 members (excludes halogenated alkanes) is 1. The first-order chi connectivity index (χ1) is 11.0. The molecule has 1 N–H and O–H groups in total. The Kier molecular flexibility index (Phi) is 6.25. The summed E-state index contributed by atoms with van der Waals surface area (Å²) in [5.41, 5.74) is 1.92. The van der Waals surface area contributed by atoms with Crippen LogP contribution in [0.3, 0.4) is 0 Å². The molecule has 23 heavy (non-hydrogen) atoms. The predicted octanol–water partition coefficient (Wildman–Crippen LogP) is 4.88. The average Bonchev–Trinajstić information content (AvgIpc) is 2.56. The Hall–Kier alpha value is -1.78. The Morgan fingerprint density at radius 3 is 2.61 bits per heavy atom. The van der Waals surface area contributed by atoms with Gasteiger partial charge in [-0.3, -0.25) is 4.79 Å². The molecule has 122 valence electrons. The molecule has 6 heteroatoms. The minimum Gasteiger partial charge on any atom is -0.373 e. The van der Waals surface area contributed by atoms with Gasteiger partial charge in [0.1, 0.15) is 5.69 Å². The Labute approximate surface area is 146 Å². The third-order valence-electron chi connectivity index (χ3n) is 3.45. The molecule has 2 aromatic rings. The molecule has 4 nitrogen and oxygen atoms in total. The molecular formula is C17H19Cl2N3O. The lowest BCUT2D eigenvalue weighted by atomic mass is 10.2. The molecule has 0 unspecified atom stereocenters. The maximum absolute atomic E-state index is 12.2. The molecule has 0 saturated heterocycles. The molecule has 1 aromatic heterocycles. The minimum atomic E-state index is -0.286. The van der Waals surface area contributed by atoms with Crippen LogP contribution in [-0.2, 0) is 0 Å². The monoisotopic (exact) mass is 351 g/mol. The summed E-state index contributed by atoms with van der Waals surface area (Å²) in [6.45, 7) is 3.12. The first kappa shape index (κ1) is 17.6. The molecule has 0 aliphatic rings. The summed E-state index contributed by atoms with van der Waals surface area (Å²) in [5.74, 6) is -0.286. The van der Waals surface area contributed by atoms with Crippen molar-refractivity contribution in [3.05, 3.63) is 52.3 Å². The van der Waals surface area contributed by atoms with Crippen LogP contribution in [0.25, 0.3) is 0 Å². The molecule has 0 bridgehead atoms. The zero-order valence-electron chi connectivity index (χ0n) is 13.1. The van der Waals surface area contributed by atoms with Crippen LogP contribution in [0, 0.1) is 0 Å². The van der Waals surface area contributed by atoms with E-state index in [0.717, 1.165) is 25.1 Å². The number of anilines is 2. The fourth-order valence-electron chi connectivity index (χ4n) is 2.04. The fourth-order valence-corrected chi connectivity index (χ4v) is 2.34. The van der Waals surface area contributed by atoms with Gasteiger partial charge in [-0.1, -0.05) is 36.5 Å². The van der Waals surface area contributed by atoms with Crippen molar-refractivity contribution in [1.29, 1.82) is 0 Å². The van der Waals surface area contributed by atoms with Gasteiger partial charge in [0.2, 0.25) is 0 Å². The second kappa shape index (κ2) is 8.18. The standard InChI is InChI=1S/C17H19Cl2N3O/c1-3-4-9-22(2)13-6-8-16(20-11-13)17(23)21-12-5-7-14(18)15(19)10-12/h5-8,10-11H,3-4,9H2,1-2H3,(H,21,23). The summed E-state index contributed by atoms with van der Waals surface area (Å²) in [7, 11) is 2.02. The number of halogens is 2. The molecule has 0 saturated carbocycles. The van der Waals surface area contributed by atoms with E-state index in [4.69, 9.17) is 23.2 Å². The Bertz CT molecular complexity index is 674. The topological polar surface area (TPSA) is 45.2 Å². The van der Waals surface area contributed by atoms with Crippen LogP contribution < -0.4 is 10.2 Å². The van der Waals surface area contributed by atoms with E-state index in [1.165, 1.54) is 0 Å². The van der Waals surface area contributed by atoms with E-state index in [2.05, 4.69) is 22.1 Å². The van der Waals surface area contributed by atoms with Gasteiger partial charge in [-0.05, 0) is 36.8 Å². The average molecular weight is 352 g/mol. The number of nitrogens with zero attached hydrogens (tertiary/aromatic N) is 2. The highest BCUT2D eigenvalue weighted by molar-refractivity contribution is 6.42. The lowest BCUT2D eigenvalue weighted by Gasteiger charge is -2.18. The van der Waals surface area contributed by atoms with Crippen molar-refractivity contribution in [2.45, 2.75) is 19.8 Å². The lowest BCUT2D eigenvalue weighted by Crippen LogP contribution is -2.19. The van der Waals surface area contributed by atoms with E-state index in [1.807, 2.05) is 13.1 Å². The first-order valence-corrected chi connectivity index (χ1v) is 8.20. The highest BCUT2D eigenvalue weighted by atomic mass is 35.5. The van der Waals surface area contributed by atoms with Crippen LogP contribution in [0.2, 0.25) is 10.0 Å². The van der Waals surface area contributed by atoms with Crippen LogP contribution in [-0.4, -0.2) is 24.5 Å². The summed E-state index contributed by atoms with van der Waals surface area (Å²) in [6, 6.07) is 8.55. The zero-order valence-corrected chi connectivity index (χ0v) is 14.7. The molecule has 0 atom stereocenters. The third kappa shape index (κ3) is 4.85. The van der Waals surface area contributed by atoms with Gasteiger partial charge in [0.25, 0.3) is 5.91 Å². The first-order valence-electron chi connectivity index (χ1n) is 7.45. The van der Waals surface area contributed by atoms with E-state index in [-0.39, 0.29) is 5.91 Å². The predicted molar refractivity (Wildman–Crippen MR) is 96.8 cm³/mol. The van der Waals surface area contributed by atoms with Gasteiger partial charge >= 0.3 is 0 Å². The quantitative estimate of drug-likeness (QED) is 0.806. The summed E-state index contributed by atoms with van der Waals surface area (Å²) < 4.78 is 0. The molecule has 0 aliphatic heterocycles. The van der Waals surface area contributed by atoms with Crippen LogP contribution in [0.4, 0.5) is 11.4 Å². The molecule has 0 aliphatic carbocycles. The fraction of sp³-hybridized carbons (Fsp3) is 0.294. The van der Waals surface area contributed by atoms with Crippen molar-refractivity contribution in [2.75, 3.05) is 23.8 Å². The molecule has 1 aromatic carbocycles. The third-order valence-corrected chi connectivity index (χ3v) is 4.18. The lowest BCUT2D eigenvalue weighted by molar-refractivity contribution is 0.102. The van der Waals surface area contributed by atoms with Gasteiger partial charge in [-0.15, -0.1) is 0 Å². The summed E-state index contributed by atoms with van der Waals surface area (Å²) in [5, 5.41) is 3.59. The molecule has 2 rings (SSSR count). The zero-order chi connectivity index (χ0) is 16.8.